The highest BCUT2D eigenvalue weighted by Crippen LogP contribution is 2.17. The topological polar surface area (TPSA) is 79.8 Å². The summed E-state index contributed by atoms with van der Waals surface area (Å²) in [5, 5.41) is 5.99. The van der Waals surface area contributed by atoms with Gasteiger partial charge < -0.3 is 10.1 Å². The van der Waals surface area contributed by atoms with Crippen LogP contribution in [0.3, 0.4) is 0 Å². The van der Waals surface area contributed by atoms with E-state index in [1.807, 2.05) is 49.4 Å². The number of amides is 2. The summed E-state index contributed by atoms with van der Waals surface area (Å²) in [6, 6.07) is 15.4. The van der Waals surface area contributed by atoms with Gasteiger partial charge in [0.1, 0.15) is 12.4 Å². The highest BCUT2D eigenvalue weighted by molar-refractivity contribution is 6.35. The molecule has 6 heteroatoms. The fraction of sp³-hybridized carbons (Fsp3) is 0.167. The molecule has 0 fully saturated rings. The first kappa shape index (κ1) is 17.2. The minimum atomic E-state index is -0.827. The van der Waals surface area contributed by atoms with Crippen LogP contribution in [-0.2, 0) is 16.2 Å². The summed E-state index contributed by atoms with van der Waals surface area (Å²) < 4.78 is 5.81. The highest BCUT2D eigenvalue weighted by Gasteiger charge is 2.09. The summed E-state index contributed by atoms with van der Waals surface area (Å²) in [7, 11) is 1.37. The molecule has 0 aliphatic rings. The predicted molar refractivity (Wildman–Crippen MR) is 91.8 cm³/mol. The zero-order chi connectivity index (χ0) is 17.4. The number of hydrazone groups is 1. The summed E-state index contributed by atoms with van der Waals surface area (Å²) in [4.78, 5) is 22.4. The number of likely N-dealkylation sites (N-methyl/N-ethyl adjacent to an activating group) is 1. The fourth-order valence-electron chi connectivity index (χ4n) is 1.89. The van der Waals surface area contributed by atoms with Crippen molar-refractivity contribution in [2.45, 2.75) is 13.5 Å². The molecule has 124 valence electrons. The van der Waals surface area contributed by atoms with E-state index in [-0.39, 0.29) is 0 Å². The molecule has 0 aromatic heterocycles. The van der Waals surface area contributed by atoms with Crippen molar-refractivity contribution < 1.29 is 14.3 Å². The van der Waals surface area contributed by atoms with Crippen LogP contribution in [0.1, 0.15) is 16.7 Å². The van der Waals surface area contributed by atoms with Crippen LogP contribution in [0, 0.1) is 6.92 Å². The Hall–Kier alpha value is -3.15. The highest BCUT2D eigenvalue weighted by atomic mass is 16.5. The van der Waals surface area contributed by atoms with Crippen LogP contribution in [0.15, 0.2) is 53.6 Å². The average molecular weight is 325 g/mol. The Morgan fingerprint density at radius 2 is 1.79 bits per heavy atom. The van der Waals surface area contributed by atoms with Gasteiger partial charge in [-0.05, 0) is 24.6 Å². The summed E-state index contributed by atoms with van der Waals surface area (Å²) in [5.41, 5.74) is 5.10. The van der Waals surface area contributed by atoms with Crippen molar-refractivity contribution in [3.63, 3.8) is 0 Å². The molecule has 0 spiro atoms. The zero-order valence-corrected chi connectivity index (χ0v) is 13.6. The maximum atomic E-state index is 11.3. The number of para-hydroxylation sites is 1. The lowest BCUT2D eigenvalue weighted by Gasteiger charge is -2.09. The van der Waals surface area contributed by atoms with Crippen molar-refractivity contribution in [1.82, 2.24) is 10.7 Å². The second-order valence-corrected chi connectivity index (χ2v) is 5.09. The second kappa shape index (κ2) is 8.47. The lowest BCUT2D eigenvalue weighted by atomic mass is 10.1. The molecule has 0 saturated heterocycles. The largest absolute Gasteiger partial charge is 0.488 e. The number of carbonyl (C=O) groups excluding carboxylic acids is 2. The standard InChI is InChI=1S/C18H19N3O3/c1-13-7-9-14(10-8-13)12-24-16-6-4-3-5-15(16)11-20-21-18(23)17(22)19-2/h3-11H,12H2,1-2H3,(H,19,22)(H,21,23)/b20-11-. The molecule has 2 rings (SSSR count). The molecule has 0 saturated carbocycles. The van der Waals surface area contributed by atoms with E-state index in [2.05, 4.69) is 15.8 Å². The SMILES string of the molecule is CNC(=O)C(=O)N/N=C\c1ccccc1OCc1ccc(C)cc1. The van der Waals surface area contributed by atoms with Crippen LogP contribution < -0.4 is 15.5 Å². The Balaban J connectivity index is 2.00. The normalized spacial score (nSPS) is 10.4. The molecule has 6 nitrogen and oxygen atoms in total. The van der Waals surface area contributed by atoms with Gasteiger partial charge in [0.2, 0.25) is 0 Å². The maximum Gasteiger partial charge on any atom is 0.329 e. The Bertz CT molecular complexity index is 739. The number of hydrogen-bond donors (Lipinski definition) is 2. The van der Waals surface area contributed by atoms with Crippen LogP contribution in [0.4, 0.5) is 0 Å². The zero-order valence-electron chi connectivity index (χ0n) is 13.6. The van der Waals surface area contributed by atoms with Crippen LogP contribution in [0.25, 0.3) is 0 Å². The minimum absolute atomic E-state index is 0.426. The molecule has 2 aromatic carbocycles. The van der Waals surface area contributed by atoms with E-state index in [9.17, 15) is 9.59 Å². The molecule has 2 amide bonds. The number of carbonyl (C=O) groups is 2. The molecule has 24 heavy (non-hydrogen) atoms. The Kier molecular flexibility index (Phi) is 6.08. The third-order valence-corrected chi connectivity index (χ3v) is 3.24. The Morgan fingerprint density at radius 1 is 1.08 bits per heavy atom. The molecule has 0 radical (unpaired) electrons. The van der Waals surface area contributed by atoms with Crippen LogP contribution in [-0.4, -0.2) is 25.1 Å². The number of benzene rings is 2. The van der Waals surface area contributed by atoms with Crippen molar-refractivity contribution in [1.29, 1.82) is 0 Å². The van der Waals surface area contributed by atoms with Crippen LogP contribution >= 0.6 is 0 Å². The lowest BCUT2D eigenvalue weighted by Crippen LogP contribution is -2.35. The van der Waals surface area contributed by atoms with Crippen molar-refractivity contribution in [3.05, 3.63) is 65.2 Å². The number of hydrogen-bond acceptors (Lipinski definition) is 4. The van der Waals surface area contributed by atoms with Gasteiger partial charge in [-0.25, -0.2) is 5.43 Å². The second-order valence-electron chi connectivity index (χ2n) is 5.09. The third kappa shape index (κ3) is 4.95. The van der Waals surface area contributed by atoms with E-state index in [0.717, 1.165) is 5.56 Å². The number of rotatable bonds is 5. The van der Waals surface area contributed by atoms with Crippen molar-refractivity contribution in [2.24, 2.45) is 5.10 Å². The molecule has 2 N–H and O–H groups in total. The molecule has 0 atom stereocenters. The van der Waals surface area contributed by atoms with E-state index in [4.69, 9.17) is 4.74 Å². The van der Waals surface area contributed by atoms with E-state index in [1.54, 1.807) is 6.07 Å². The molecule has 0 heterocycles. The van der Waals surface area contributed by atoms with Gasteiger partial charge in [0, 0.05) is 12.6 Å². The maximum absolute atomic E-state index is 11.3. The molecule has 0 aliphatic heterocycles. The van der Waals surface area contributed by atoms with Crippen molar-refractivity contribution >= 4 is 18.0 Å². The summed E-state index contributed by atoms with van der Waals surface area (Å²) in [6.45, 7) is 2.46. The van der Waals surface area contributed by atoms with E-state index in [0.29, 0.717) is 17.9 Å². The molecule has 0 aliphatic carbocycles. The number of ether oxygens (including phenoxy) is 1. The quantitative estimate of drug-likeness (QED) is 0.499. The molecule has 0 bridgehead atoms. The van der Waals surface area contributed by atoms with Crippen LogP contribution in [0.2, 0.25) is 0 Å². The third-order valence-electron chi connectivity index (χ3n) is 3.24. The fourth-order valence-corrected chi connectivity index (χ4v) is 1.89. The first-order valence-electron chi connectivity index (χ1n) is 7.42. The van der Waals surface area contributed by atoms with Crippen molar-refractivity contribution in [2.75, 3.05) is 7.05 Å². The first-order valence-corrected chi connectivity index (χ1v) is 7.42. The predicted octanol–water partition coefficient (Wildman–Crippen LogP) is 1.77. The Morgan fingerprint density at radius 3 is 2.50 bits per heavy atom. The smallest absolute Gasteiger partial charge is 0.329 e. The number of nitrogens with zero attached hydrogens (tertiary/aromatic N) is 1. The Labute approximate surface area is 140 Å². The van der Waals surface area contributed by atoms with Gasteiger partial charge in [0.15, 0.2) is 0 Å². The van der Waals surface area contributed by atoms with Gasteiger partial charge in [-0.1, -0.05) is 42.0 Å². The average Bonchev–Trinajstić information content (AvgIpc) is 2.61. The van der Waals surface area contributed by atoms with Crippen molar-refractivity contribution in [3.8, 4) is 5.75 Å². The number of aryl methyl sites for hydroxylation is 1. The van der Waals surface area contributed by atoms with E-state index >= 15 is 0 Å². The minimum Gasteiger partial charge on any atom is -0.488 e. The molecular weight excluding hydrogens is 306 g/mol. The number of nitrogens with one attached hydrogen (secondary N) is 2. The van der Waals surface area contributed by atoms with E-state index < -0.39 is 11.8 Å². The summed E-state index contributed by atoms with van der Waals surface area (Å²) in [6.07, 6.45) is 1.44. The van der Waals surface area contributed by atoms with Gasteiger partial charge in [0.25, 0.3) is 0 Å². The van der Waals surface area contributed by atoms with Gasteiger partial charge >= 0.3 is 11.8 Å². The van der Waals surface area contributed by atoms with Gasteiger partial charge in [-0.15, -0.1) is 0 Å². The van der Waals surface area contributed by atoms with Crippen LogP contribution in [0.5, 0.6) is 5.75 Å². The summed E-state index contributed by atoms with van der Waals surface area (Å²) >= 11 is 0. The molecule has 0 unspecified atom stereocenters. The van der Waals surface area contributed by atoms with Gasteiger partial charge in [-0.3, -0.25) is 9.59 Å². The van der Waals surface area contributed by atoms with Gasteiger partial charge in [-0.2, -0.15) is 5.10 Å². The molecular formula is C18H19N3O3. The first-order chi connectivity index (χ1) is 11.6. The lowest BCUT2D eigenvalue weighted by molar-refractivity contribution is -0.138. The molecule has 2 aromatic rings. The monoisotopic (exact) mass is 325 g/mol. The summed E-state index contributed by atoms with van der Waals surface area (Å²) in [5.74, 6) is -0.945. The van der Waals surface area contributed by atoms with Gasteiger partial charge in [0.05, 0.1) is 6.21 Å². The van der Waals surface area contributed by atoms with E-state index in [1.165, 1.54) is 18.8 Å².